The number of carbonyl (C=O) groups is 1. The van der Waals surface area contributed by atoms with Gasteiger partial charge < -0.3 is 26.7 Å². The number of amidine groups is 1. The van der Waals surface area contributed by atoms with Crippen molar-refractivity contribution >= 4 is 29.3 Å². The van der Waals surface area contributed by atoms with Gasteiger partial charge in [-0.05, 0) is 64.4 Å². The number of hydrogen-bond donors (Lipinski definition) is 5. The largest absolute Gasteiger partial charge is 0.485 e. The van der Waals surface area contributed by atoms with Gasteiger partial charge in [-0.25, -0.2) is 28.1 Å². The van der Waals surface area contributed by atoms with Crippen LogP contribution < -0.4 is 27.0 Å². The van der Waals surface area contributed by atoms with Gasteiger partial charge in [0.05, 0.1) is 6.20 Å². The number of amides is 1. The molecule has 0 fully saturated rings. The molecular weight excluding hydrogens is 573 g/mol. The van der Waals surface area contributed by atoms with Crippen LogP contribution in [-0.2, 0) is 17.3 Å². The highest BCUT2D eigenvalue weighted by Crippen LogP contribution is 2.47. The van der Waals surface area contributed by atoms with Crippen LogP contribution in [0.5, 0.6) is 5.75 Å². The van der Waals surface area contributed by atoms with Crippen LogP contribution in [0.4, 0.5) is 27.8 Å². The quantitative estimate of drug-likeness (QED) is 0.0810. The molecule has 41 heavy (non-hydrogen) atoms. The molecule has 3 heterocycles. The maximum atomic E-state index is 15.4. The van der Waals surface area contributed by atoms with Gasteiger partial charge in [-0.2, -0.15) is 14.3 Å². The van der Waals surface area contributed by atoms with E-state index >= 15 is 4.39 Å². The summed E-state index contributed by atoms with van der Waals surface area (Å²) < 4.78 is 70.1. The highest BCUT2D eigenvalue weighted by Gasteiger charge is 2.64. The number of anilines is 1. The summed E-state index contributed by atoms with van der Waals surface area (Å²) in [4.78, 5) is 24.3. The zero-order valence-electron chi connectivity index (χ0n) is 22.6. The Labute approximate surface area is 237 Å². The summed E-state index contributed by atoms with van der Waals surface area (Å²) in [5, 5.41) is 12.9. The summed E-state index contributed by atoms with van der Waals surface area (Å²) >= 11 is 0.612. The molecule has 0 saturated carbocycles. The first-order valence-electron chi connectivity index (χ1n) is 12.6. The Morgan fingerprint density at radius 2 is 1.90 bits per heavy atom. The van der Waals surface area contributed by atoms with E-state index < -0.39 is 45.8 Å². The van der Waals surface area contributed by atoms with Gasteiger partial charge in [0.1, 0.15) is 28.8 Å². The van der Waals surface area contributed by atoms with E-state index in [-0.39, 0.29) is 28.8 Å². The van der Waals surface area contributed by atoms with Crippen molar-refractivity contribution in [1.29, 1.82) is 0 Å². The second-order valence-corrected chi connectivity index (χ2v) is 12.3. The molecule has 0 bridgehead atoms. The van der Waals surface area contributed by atoms with E-state index in [4.69, 9.17) is 11.5 Å². The van der Waals surface area contributed by atoms with Crippen molar-refractivity contribution in [3.8, 4) is 5.75 Å². The number of alkyl halides is 4. The minimum Gasteiger partial charge on any atom is -0.485 e. The summed E-state index contributed by atoms with van der Waals surface area (Å²) in [6.07, 6.45) is -1.41. The van der Waals surface area contributed by atoms with Crippen LogP contribution in [0.2, 0.25) is 0 Å². The number of unbranched alkanes of at least 4 members (excludes halogenated alkanes) is 1. The number of pyridine rings is 2. The number of nitrogens with one attached hydrogen (secondary N) is 2. The average Bonchev–Trinajstić information content (AvgIpc) is 2.91. The first-order valence-corrected chi connectivity index (χ1v) is 13.4. The fraction of sp³-hybridized carbons (Fsp3) is 0.520. The van der Waals surface area contributed by atoms with E-state index in [2.05, 4.69) is 30.5 Å². The van der Waals surface area contributed by atoms with Crippen LogP contribution in [0, 0.1) is 5.82 Å². The van der Waals surface area contributed by atoms with E-state index in [9.17, 15) is 27.6 Å². The second kappa shape index (κ2) is 12.4. The number of thiol groups is 1. The summed E-state index contributed by atoms with van der Waals surface area (Å²) in [5.41, 5.74) is 12.4. The van der Waals surface area contributed by atoms with Crippen molar-refractivity contribution < 1.29 is 36.7 Å². The molecule has 3 rings (SSSR count). The van der Waals surface area contributed by atoms with Crippen LogP contribution in [0.1, 0.15) is 56.2 Å². The maximum absolute atomic E-state index is 15.4. The van der Waals surface area contributed by atoms with Crippen molar-refractivity contribution in [2.75, 3.05) is 18.5 Å². The topological polar surface area (TPSA) is 161 Å². The summed E-state index contributed by atoms with van der Waals surface area (Å²) in [7, 11) is 0. The zero-order chi connectivity index (χ0) is 30.6. The lowest BCUT2D eigenvalue weighted by molar-refractivity contribution is -0.148. The molecule has 10 nitrogen and oxygen atoms in total. The molecule has 226 valence electrons. The SMILES string of the molecule is CC1(C)[SH+]C(CCCCN)(NO)[C@@](C)(c2nc(NC(=O)c3ccc(OCC(F)(F)C(F)F)cn3)ccc2F)N=C1N. The van der Waals surface area contributed by atoms with E-state index in [1.54, 1.807) is 6.92 Å². The lowest BCUT2D eigenvalue weighted by Gasteiger charge is -2.45. The molecule has 0 aliphatic carbocycles. The third-order valence-corrected chi connectivity index (χ3v) is 8.62. The molecular formula is C25H33F5N7O3S+. The molecule has 2 aromatic heterocycles. The number of hydroxylamine groups is 1. The lowest BCUT2D eigenvalue weighted by atomic mass is 9.83. The van der Waals surface area contributed by atoms with Crippen LogP contribution in [0.25, 0.3) is 0 Å². The third-order valence-electron chi connectivity index (χ3n) is 6.69. The predicted octanol–water partition coefficient (Wildman–Crippen LogP) is 3.13. The maximum Gasteiger partial charge on any atom is 0.340 e. The number of nitrogens with two attached hydrogens (primary N) is 2. The van der Waals surface area contributed by atoms with E-state index in [1.807, 2.05) is 13.8 Å². The highest BCUT2D eigenvalue weighted by molar-refractivity contribution is 7.82. The number of rotatable bonds is 12. The van der Waals surface area contributed by atoms with Gasteiger partial charge >= 0.3 is 12.3 Å². The smallest absolute Gasteiger partial charge is 0.340 e. The number of ether oxygens (including phenoxy) is 1. The van der Waals surface area contributed by atoms with Gasteiger partial charge in [0.2, 0.25) is 4.87 Å². The minimum atomic E-state index is -4.35. The van der Waals surface area contributed by atoms with Gasteiger partial charge in [-0.1, -0.05) is 0 Å². The highest BCUT2D eigenvalue weighted by atomic mass is 32.2. The van der Waals surface area contributed by atoms with Gasteiger partial charge in [0, 0.05) is 18.2 Å². The Morgan fingerprint density at radius 1 is 1.20 bits per heavy atom. The Morgan fingerprint density at radius 3 is 2.49 bits per heavy atom. The van der Waals surface area contributed by atoms with Crippen LogP contribution in [0.15, 0.2) is 35.5 Å². The Hall–Kier alpha value is -3.08. The number of halogens is 5. The van der Waals surface area contributed by atoms with Crippen LogP contribution in [-0.4, -0.2) is 62.0 Å². The van der Waals surface area contributed by atoms with Crippen molar-refractivity contribution in [1.82, 2.24) is 15.4 Å². The van der Waals surface area contributed by atoms with Crippen molar-refractivity contribution in [3.63, 3.8) is 0 Å². The van der Waals surface area contributed by atoms with E-state index in [0.717, 1.165) is 24.4 Å². The first-order chi connectivity index (χ1) is 19.1. The summed E-state index contributed by atoms with van der Waals surface area (Å²) in [6, 6.07) is 4.53. The molecule has 1 aliphatic rings. The lowest BCUT2D eigenvalue weighted by Crippen LogP contribution is -2.68. The van der Waals surface area contributed by atoms with Gasteiger partial charge in [0.15, 0.2) is 22.7 Å². The Balaban J connectivity index is 1.89. The standard InChI is InChI=1S/C25H32F5N7O3S/c1-22(2)21(32)36-23(3,25(37-39,41-22)10-4-5-11-31)18-15(26)7-9-17(34-18)35-19(38)16-8-6-14(12-33-16)40-13-24(29,30)20(27)28/h6-9,12,20,37,39H,4-5,10-11,13,31H2,1-3H3,(H2,32,36)(H,34,35,38)/p+1/t23-,25?/m1/s1. The van der Waals surface area contributed by atoms with Gasteiger partial charge in [-0.3, -0.25) is 4.79 Å². The van der Waals surface area contributed by atoms with Crippen molar-refractivity contribution in [2.45, 2.75) is 67.5 Å². The number of nitrogens with zero attached hydrogens (tertiary/aromatic N) is 3. The molecule has 1 unspecified atom stereocenters. The molecule has 0 spiro atoms. The Kier molecular flexibility index (Phi) is 9.83. The van der Waals surface area contributed by atoms with Crippen LogP contribution >= 0.6 is 0 Å². The molecule has 7 N–H and O–H groups in total. The predicted molar refractivity (Wildman–Crippen MR) is 145 cm³/mol. The van der Waals surface area contributed by atoms with E-state index in [0.29, 0.717) is 37.6 Å². The second-order valence-electron chi connectivity index (χ2n) is 10.2. The molecule has 0 aromatic carbocycles. The minimum absolute atomic E-state index is 0.0737. The molecule has 1 amide bonds. The Bertz CT molecular complexity index is 1270. The molecule has 16 heteroatoms. The van der Waals surface area contributed by atoms with Gasteiger partial charge in [0.25, 0.3) is 5.91 Å². The summed E-state index contributed by atoms with van der Waals surface area (Å²) in [5.74, 6) is -6.00. The fourth-order valence-corrected chi connectivity index (χ4v) is 6.06. The molecule has 1 aliphatic heterocycles. The number of carbonyl (C=O) groups excluding carboxylic acids is 1. The average molecular weight is 607 g/mol. The van der Waals surface area contributed by atoms with Crippen molar-refractivity contribution in [2.24, 2.45) is 16.5 Å². The van der Waals surface area contributed by atoms with E-state index in [1.165, 1.54) is 6.07 Å². The number of hydrogen-bond acceptors (Lipinski definition) is 9. The zero-order valence-corrected chi connectivity index (χ0v) is 23.5. The first kappa shape index (κ1) is 32.4. The monoisotopic (exact) mass is 606 g/mol. The molecule has 0 radical (unpaired) electrons. The molecule has 0 saturated heterocycles. The molecule has 2 atom stereocenters. The summed E-state index contributed by atoms with van der Waals surface area (Å²) in [6.45, 7) is 4.12. The normalized spacial score (nSPS) is 22.4. The number of aliphatic imine (C=N–C) groups is 1. The molecule has 2 aromatic rings. The van der Waals surface area contributed by atoms with Gasteiger partial charge in [-0.15, -0.1) is 0 Å². The van der Waals surface area contributed by atoms with Crippen molar-refractivity contribution in [3.05, 3.63) is 47.7 Å². The number of aromatic nitrogens is 2. The third kappa shape index (κ3) is 6.88. The van der Waals surface area contributed by atoms with Crippen LogP contribution in [0.3, 0.4) is 0 Å². The fourth-order valence-electron chi connectivity index (χ4n) is 4.25.